The number of guanidine groups is 1. The van der Waals surface area contributed by atoms with E-state index in [4.69, 9.17) is 15.2 Å². The fourth-order valence-electron chi connectivity index (χ4n) is 3.15. The molecular formula is C17H33N5O3. The first-order chi connectivity index (χ1) is 12.2. The highest BCUT2D eigenvalue weighted by Crippen LogP contribution is 2.11. The molecule has 0 bridgehead atoms. The van der Waals surface area contributed by atoms with Gasteiger partial charge in [-0.3, -0.25) is 9.89 Å². The first-order valence-corrected chi connectivity index (χ1v) is 9.47. The van der Waals surface area contributed by atoms with Gasteiger partial charge in [0, 0.05) is 38.8 Å². The SMILES string of the molecule is CCOC(=O)N1CCC(NC(N)=NCCCCN2CCOCC2)CC1. The second kappa shape index (κ2) is 11.1. The number of likely N-dealkylation sites (tertiary alicyclic amines) is 1. The van der Waals surface area contributed by atoms with Crippen molar-refractivity contribution in [3.63, 3.8) is 0 Å². The van der Waals surface area contributed by atoms with Crippen molar-refractivity contribution < 1.29 is 14.3 Å². The van der Waals surface area contributed by atoms with E-state index in [9.17, 15) is 4.79 Å². The summed E-state index contributed by atoms with van der Waals surface area (Å²) in [5.41, 5.74) is 5.98. The number of carbonyl (C=O) groups excluding carboxylic acids is 1. The molecule has 8 heteroatoms. The van der Waals surface area contributed by atoms with Crippen molar-refractivity contribution in [2.75, 3.05) is 59.1 Å². The molecule has 2 aliphatic rings. The molecule has 2 fully saturated rings. The number of nitrogens with zero attached hydrogens (tertiary/aromatic N) is 3. The number of hydrogen-bond donors (Lipinski definition) is 2. The average molecular weight is 355 g/mol. The number of morpholine rings is 1. The summed E-state index contributed by atoms with van der Waals surface area (Å²) < 4.78 is 10.4. The Balaban J connectivity index is 1.54. The van der Waals surface area contributed by atoms with Gasteiger partial charge in [-0.25, -0.2) is 4.79 Å². The van der Waals surface area contributed by atoms with Crippen LogP contribution in [0.4, 0.5) is 4.79 Å². The molecule has 0 atom stereocenters. The average Bonchev–Trinajstić information content (AvgIpc) is 2.63. The standard InChI is InChI=1S/C17H33N5O3/c1-2-25-17(23)22-9-5-15(6-10-22)20-16(18)19-7-3-4-8-21-11-13-24-14-12-21/h15H,2-14H2,1H3,(H3,18,19,20). The summed E-state index contributed by atoms with van der Waals surface area (Å²) in [5, 5.41) is 3.27. The van der Waals surface area contributed by atoms with E-state index in [2.05, 4.69) is 15.2 Å². The van der Waals surface area contributed by atoms with Gasteiger partial charge < -0.3 is 25.4 Å². The van der Waals surface area contributed by atoms with Crippen LogP contribution in [0, 0.1) is 0 Å². The van der Waals surface area contributed by atoms with Gasteiger partial charge in [-0.15, -0.1) is 0 Å². The lowest BCUT2D eigenvalue weighted by Gasteiger charge is -2.31. The maximum Gasteiger partial charge on any atom is 0.409 e. The van der Waals surface area contributed by atoms with Crippen LogP contribution in [0.25, 0.3) is 0 Å². The maximum atomic E-state index is 11.7. The molecule has 0 spiro atoms. The summed E-state index contributed by atoms with van der Waals surface area (Å²) in [4.78, 5) is 20.3. The number of nitrogens with two attached hydrogens (primary N) is 1. The largest absolute Gasteiger partial charge is 0.450 e. The van der Waals surface area contributed by atoms with Crippen molar-refractivity contribution in [2.24, 2.45) is 10.7 Å². The number of unbranched alkanes of at least 4 members (excludes halogenated alkanes) is 1. The number of ether oxygens (including phenoxy) is 2. The zero-order chi connectivity index (χ0) is 17.9. The van der Waals surface area contributed by atoms with E-state index in [0.29, 0.717) is 25.7 Å². The number of carbonyl (C=O) groups is 1. The quantitative estimate of drug-likeness (QED) is 0.395. The highest BCUT2D eigenvalue weighted by atomic mass is 16.6. The van der Waals surface area contributed by atoms with Gasteiger partial charge in [-0.2, -0.15) is 0 Å². The summed E-state index contributed by atoms with van der Waals surface area (Å²) in [5.74, 6) is 0.515. The molecule has 144 valence electrons. The Kier molecular flexibility index (Phi) is 8.82. The molecule has 25 heavy (non-hydrogen) atoms. The first-order valence-electron chi connectivity index (χ1n) is 9.47. The Labute approximate surface area is 150 Å². The summed E-state index contributed by atoms with van der Waals surface area (Å²) in [7, 11) is 0. The fraction of sp³-hybridized carbons (Fsp3) is 0.882. The predicted octanol–water partition coefficient (Wildman–Crippen LogP) is 0.624. The summed E-state index contributed by atoms with van der Waals surface area (Å²) >= 11 is 0. The van der Waals surface area contributed by atoms with Gasteiger partial charge in [0.1, 0.15) is 0 Å². The number of aliphatic imine (C=N–C) groups is 1. The van der Waals surface area contributed by atoms with Crippen molar-refractivity contribution in [2.45, 2.75) is 38.6 Å². The Morgan fingerprint density at radius 2 is 1.96 bits per heavy atom. The van der Waals surface area contributed by atoms with E-state index >= 15 is 0 Å². The molecule has 2 aliphatic heterocycles. The van der Waals surface area contributed by atoms with Gasteiger partial charge in [0.2, 0.25) is 0 Å². The van der Waals surface area contributed by atoms with Crippen LogP contribution in [0.15, 0.2) is 4.99 Å². The van der Waals surface area contributed by atoms with Crippen LogP contribution in [-0.2, 0) is 9.47 Å². The molecular weight excluding hydrogens is 322 g/mol. The number of hydrogen-bond acceptors (Lipinski definition) is 5. The van der Waals surface area contributed by atoms with E-state index < -0.39 is 0 Å². The molecule has 0 aromatic heterocycles. The van der Waals surface area contributed by atoms with Crippen LogP contribution >= 0.6 is 0 Å². The first kappa shape index (κ1) is 19.8. The van der Waals surface area contributed by atoms with Crippen LogP contribution in [0.2, 0.25) is 0 Å². The lowest BCUT2D eigenvalue weighted by Crippen LogP contribution is -2.48. The summed E-state index contributed by atoms with van der Waals surface area (Å²) in [6, 6.07) is 0.280. The molecule has 1 amide bonds. The van der Waals surface area contributed by atoms with E-state index in [1.807, 2.05) is 6.92 Å². The monoisotopic (exact) mass is 355 g/mol. The highest BCUT2D eigenvalue weighted by Gasteiger charge is 2.23. The molecule has 0 aliphatic carbocycles. The zero-order valence-electron chi connectivity index (χ0n) is 15.4. The Bertz CT molecular complexity index is 419. The normalized spacial score (nSPS) is 20.5. The van der Waals surface area contributed by atoms with Gasteiger partial charge in [0.25, 0.3) is 0 Å². The van der Waals surface area contributed by atoms with Crippen LogP contribution < -0.4 is 11.1 Å². The number of nitrogens with one attached hydrogen (secondary N) is 1. The van der Waals surface area contributed by atoms with Crippen molar-refractivity contribution >= 4 is 12.1 Å². The van der Waals surface area contributed by atoms with Crippen LogP contribution in [0.1, 0.15) is 32.6 Å². The summed E-state index contributed by atoms with van der Waals surface area (Å²) in [6.07, 6.45) is 3.69. The lowest BCUT2D eigenvalue weighted by atomic mass is 10.1. The third-order valence-electron chi connectivity index (χ3n) is 4.64. The van der Waals surface area contributed by atoms with E-state index in [-0.39, 0.29) is 12.1 Å². The molecule has 0 saturated carbocycles. The molecule has 0 unspecified atom stereocenters. The van der Waals surface area contributed by atoms with Crippen LogP contribution in [-0.4, -0.2) is 87.0 Å². The van der Waals surface area contributed by atoms with Crippen LogP contribution in [0.3, 0.4) is 0 Å². The summed E-state index contributed by atoms with van der Waals surface area (Å²) in [6.45, 7) is 9.28. The molecule has 3 N–H and O–H groups in total. The molecule has 8 nitrogen and oxygen atoms in total. The van der Waals surface area contributed by atoms with Gasteiger partial charge >= 0.3 is 6.09 Å². The minimum Gasteiger partial charge on any atom is -0.450 e. The fourth-order valence-corrected chi connectivity index (χ4v) is 3.15. The third-order valence-corrected chi connectivity index (χ3v) is 4.64. The maximum absolute atomic E-state index is 11.7. The van der Waals surface area contributed by atoms with E-state index in [1.165, 1.54) is 0 Å². The van der Waals surface area contributed by atoms with Crippen molar-refractivity contribution in [1.82, 2.24) is 15.1 Å². The molecule has 0 aromatic rings. The molecule has 0 radical (unpaired) electrons. The van der Waals surface area contributed by atoms with Crippen LogP contribution in [0.5, 0.6) is 0 Å². The smallest absolute Gasteiger partial charge is 0.409 e. The number of piperidine rings is 1. The zero-order valence-corrected chi connectivity index (χ0v) is 15.4. The van der Waals surface area contributed by atoms with E-state index in [0.717, 1.165) is 65.1 Å². The van der Waals surface area contributed by atoms with Crippen molar-refractivity contribution in [3.8, 4) is 0 Å². The van der Waals surface area contributed by atoms with Gasteiger partial charge in [0.15, 0.2) is 5.96 Å². The van der Waals surface area contributed by atoms with Gasteiger partial charge in [-0.05, 0) is 39.2 Å². The Hall–Kier alpha value is -1.54. The topological polar surface area (TPSA) is 92.4 Å². The Morgan fingerprint density at radius 3 is 2.64 bits per heavy atom. The molecule has 0 aromatic carbocycles. The minimum absolute atomic E-state index is 0.220. The van der Waals surface area contributed by atoms with Crippen molar-refractivity contribution in [3.05, 3.63) is 0 Å². The Morgan fingerprint density at radius 1 is 1.24 bits per heavy atom. The molecule has 2 heterocycles. The second-order valence-electron chi connectivity index (χ2n) is 6.53. The second-order valence-corrected chi connectivity index (χ2v) is 6.53. The molecule has 2 rings (SSSR count). The van der Waals surface area contributed by atoms with Crippen molar-refractivity contribution in [1.29, 1.82) is 0 Å². The van der Waals surface area contributed by atoms with Gasteiger partial charge in [-0.1, -0.05) is 0 Å². The third kappa shape index (κ3) is 7.48. The van der Waals surface area contributed by atoms with E-state index in [1.54, 1.807) is 4.90 Å². The number of rotatable bonds is 7. The predicted molar refractivity (Wildman–Crippen MR) is 97.7 cm³/mol. The lowest BCUT2D eigenvalue weighted by molar-refractivity contribution is 0.0373. The highest BCUT2D eigenvalue weighted by molar-refractivity contribution is 5.78. The minimum atomic E-state index is -0.220. The molecule has 2 saturated heterocycles. The number of amides is 1. The van der Waals surface area contributed by atoms with Gasteiger partial charge in [0.05, 0.1) is 19.8 Å².